The number of pyridine rings is 1. The van der Waals surface area contributed by atoms with Gasteiger partial charge in [0.1, 0.15) is 11.4 Å². The SMILES string of the molecule is O=C(O)COc1ccccc1C=NNC(=O)c1ccc2ccccc2n1. The third-order valence-electron chi connectivity index (χ3n) is 3.47. The van der Waals surface area contributed by atoms with E-state index >= 15 is 0 Å². The summed E-state index contributed by atoms with van der Waals surface area (Å²) in [5.74, 6) is -1.17. The lowest BCUT2D eigenvalue weighted by molar-refractivity contribution is -0.139. The Morgan fingerprint density at radius 2 is 1.85 bits per heavy atom. The number of amides is 1. The number of ether oxygens (including phenoxy) is 1. The number of carboxylic acids is 1. The molecule has 1 amide bonds. The van der Waals surface area contributed by atoms with Gasteiger partial charge in [0.15, 0.2) is 6.61 Å². The molecule has 0 saturated heterocycles. The van der Waals surface area contributed by atoms with Crippen LogP contribution in [0.1, 0.15) is 16.1 Å². The Labute approximate surface area is 148 Å². The number of carboxylic acid groups (broad SMARTS) is 1. The van der Waals surface area contributed by atoms with Crippen LogP contribution in [0.5, 0.6) is 5.75 Å². The highest BCUT2D eigenvalue weighted by molar-refractivity contribution is 5.95. The highest BCUT2D eigenvalue weighted by atomic mass is 16.5. The van der Waals surface area contributed by atoms with Crippen LogP contribution in [0.25, 0.3) is 10.9 Å². The summed E-state index contributed by atoms with van der Waals surface area (Å²) in [7, 11) is 0. The standard InChI is InChI=1S/C19H15N3O4/c23-18(24)12-26-17-8-4-2-6-14(17)11-20-22-19(25)16-10-9-13-5-1-3-7-15(13)21-16/h1-11H,12H2,(H,22,25)(H,23,24). The number of aromatic nitrogens is 1. The maximum atomic E-state index is 12.2. The number of hydrazone groups is 1. The lowest BCUT2D eigenvalue weighted by Gasteiger charge is -2.06. The number of nitrogens with one attached hydrogen (secondary N) is 1. The van der Waals surface area contributed by atoms with Gasteiger partial charge in [-0.2, -0.15) is 5.10 Å². The number of hydrogen-bond acceptors (Lipinski definition) is 5. The molecule has 3 rings (SSSR count). The molecular formula is C19H15N3O4. The normalized spacial score (nSPS) is 10.8. The number of nitrogens with zero attached hydrogens (tertiary/aromatic N) is 2. The van der Waals surface area contributed by atoms with Crippen LogP contribution in [0.4, 0.5) is 0 Å². The fourth-order valence-corrected chi connectivity index (χ4v) is 2.27. The lowest BCUT2D eigenvalue weighted by Crippen LogP contribution is -2.19. The van der Waals surface area contributed by atoms with Gasteiger partial charge in [-0.05, 0) is 24.3 Å². The highest BCUT2D eigenvalue weighted by Crippen LogP contribution is 2.15. The molecule has 2 N–H and O–H groups in total. The van der Waals surface area contributed by atoms with E-state index in [4.69, 9.17) is 9.84 Å². The zero-order valence-electron chi connectivity index (χ0n) is 13.6. The van der Waals surface area contributed by atoms with Gasteiger partial charge in [0.05, 0.1) is 11.7 Å². The highest BCUT2D eigenvalue weighted by Gasteiger charge is 2.07. The van der Waals surface area contributed by atoms with Gasteiger partial charge in [-0.15, -0.1) is 0 Å². The zero-order chi connectivity index (χ0) is 18.4. The molecule has 1 aromatic heterocycles. The smallest absolute Gasteiger partial charge is 0.341 e. The van der Waals surface area contributed by atoms with Crippen LogP contribution in [0.15, 0.2) is 65.8 Å². The molecule has 2 aromatic carbocycles. The molecule has 0 aliphatic carbocycles. The summed E-state index contributed by atoms with van der Waals surface area (Å²) in [5, 5.41) is 13.5. The molecule has 0 atom stereocenters. The Morgan fingerprint density at radius 1 is 1.08 bits per heavy atom. The van der Waals surface area contributed by atoms with Crippen molar-refractivity contribution in [3.8, 4) is 5.75 Å². The van der Waals surface area contributed by atoms with E-state index in [0.717, 1.165) is 10.9 Å². The summed E-state index contributed by atoms with van der Waals surface area (Å²) in [6.07, 6.45) is 1.39. The molecule has 0 spiro atoms. The van der Waals surface area contributed by atoms with E-state index in [0.29, 0.717) is 11.3 Å². The molecule has 0 aliphatic heterocycles. The fourth-order valence-electron chi connectivity index (χ4n) is 2.27. The van der Waals surface area contributed by atoms with Gasteiger partial charge in [0, 0.05) is 10.9 Å². The molecule has 0 fully saturated rings. The van der Waals surface area contributed by atoms with Gasteiger partial charge in [-0.25, -0.2) is 15.2 Å². The molecule has 0 aliphatic rings. The van der Waals surface area contributed by atoms with Crippen LogP contribution in [0.3, 0.4) is 0 Å². The third-order valence-corrected chi connectivity index (χ3v) is 3.47. The van der Waals surface area contributed by atoms with Crippen LogP contribution >= 0.6 is 0 Å². The average molecular weight is 349 g/mol. The summed E-state index contributed by atoms with van der Waals surface area (Å²) in [4.78, 5) is 27.1. The quantitative estimate of drug-likeness (QED) is 0.526. The Kier molecular flexibility index (Phi) is 5.19. The summed E-state index contributed by atoms with van der Waals surface area (Å²) < 4.78 is 5.17. The molecular weight excluding hydrogens is 334 g/mol. The van der Waals surface area contributed by atoms with Gasteiger partial charge in [-0.1, -0.05) is 36.4 Å². The van der Waals surface area contributed by atoms with E-state index in [9.17, 15) is 9.59 Å². The topological polar surface area (TPSA) is 101 Å². The molecule has 7 heteroatoms. The summed E-state index contributed by atoms with van der Waals surface area (Å²) in [6.45, 7) is -0.460. The first kappa shape index (κ1) is 17.1. The van der Waals surface area contributed by atoms with Crippen molar-refractivity contribution in [2.75, 3.05) is 6.61 Å². The predicted molar refractivity (Wildman–Crippen MR) is 96.4 cm³/mol. The number of aliphatic carboxylic acids is 1. The number of rotatable bonds is 6. The second kappa shape index (κ2) is 7.89. The van der Waals surface area contributed by atoms with Gasteiger partial charge < -0.3 is 9.84 Å². The fraction of sp³-hybridized carbons (Fsp3) is 0.0526. The summed E-state index contributed by atoms with van der Waals surface area (Å²) in [6, 6.07) is 17.7. The van der Waals surface area contributed by atoms with Crippen molar-refractivity contribution in [3.63, 3.8) is 0 Å². The monoisotopic (exact) mass is 349 g/mol. The number of fused-ring (bicyclic) bond motifs is 1. The first-order valence-corrected chi connectivity index (χ1v) is 7.76. The molecule has 0 saturated carbocycles. The van der Waals surface area contributed by atoms with E-state index in [1.54, 1.807) is 30.3 Å². The maximum absolute atomic E-state index is 12.2. The number of benzene rings is 2. The molecule has 1 heterocycles. The molecule has 7 nitrogen and oxygen atoms in total. The van der Waals surface area contributed by atoms with Gasteiger partial charge in [-0.3, -0.25) is 4.79 Å². The van der Waals surface area contributed by atoms with Gasteiger partial charge in [0.25, 0.3) is 5.91 Å². The maximum Gasteiger partial charge on any atom is 0.341 e. The van der Waals surface area contributed by atoms with Gasteiger partial charge in [0.2, 0.25) is 0 Å². The number of carbonyl (C=O) groups excluding carboxylic acids is 1. The average Bonchev–Trinajstić information content (AvgIpc) is 2.66. The molecule has 26 heavy (non-hydrogen) atoms. The minimum absolute atomic E-state index is 0.247. The van der Waals surface area contributed by atoms with Crippen LogP contribution in [0, 0.1) is 0 Å². The first-order chi connectivity index (χ1) is 12.6. The Balaban J connectivity index is 1.69. The van der Waals surface area contributed by atoms with Crippen molar-refractivity contribution in [2.24, 2.45) is 5.10 Å². The second-order valence-corrected chi connectivity index (χ2v) is 5.31. The van der Waals surface area contributed by atoms with Gasteiger partial charge >= 0.3 is 5.97 Å². The van der Waals surface area contributed by atoms with Crippen molar-refractivity contribution in [1.29, 1.82) is 0 Å². The lowest BCUT2D eigenvalue weighted by atomic mass is 10.2. The first-order valence-electron chi connectivity index (χ1n) is 7.76. The number of hydrogen-bond donors (Lipinski definition) is 2. The number of carbonyl (C=O) groups is 2. The number of para-hydroxylation sites is 2. The van der Waals surface area contributed by atoms with Crippen molar-refractivity contribution in [1.82, 2.24) is 10.4 Å². The van der Waals surface area contributed by atoms with Crippen LogP contribution in [0.2, 0.25) is 0 Å². The van der Waals surface area contributed by atoms with Crippen molar-refractivity contribution in [2.45, 2.75) is 0 Å². The molecule has 130 valence electrons. The summed E-state index contributed by atoms with van der Waals surface area (Å²) in [5.41, 5.74) is 3.91. The zero-order valence-corrected chi connectivity index (χ0v) is 13.6. The Bertz CT molecular complexity index is 985. The van der Waals surface area contributed by atoms with E-state index in [2.05, 4.69) is 15.5 Å². The summed E-state index contributed by atoms with van der Waals surface area (Å²) >= 11 is 0. The van der Waals surface area contributed by atoms with Crippen LogP contribution in [-0.2, 0) is 4.79 Å². The Morgan fingerprint density at radius 3 is 2.69 bits per heavy atom. The minimum atomic E-state index is -1.08. The third kappa shape index (κ3) is 4.21. The molecule has 0 bridgehead atoms. The van der Waals surface area contributed by atoms with E-state index < -0.39 is 18.5 Å². The van der Waals surface area contributed by atoms with Crippen molar-refractivity contribution >= 4 is 29.0 Å². The molecule has 0 radical (unpaired) electrons. The second-order valence-electron chi connectivity index (χ2n) is 5.31. The predicted octanol–water partition coefficient (Wildman–Crippen LogP) is 2.46. The van der Waals surface area contributed by atoms with E-state index in [1.165, 1.54) is 6.21 Å². The van der Waals surface area contributed by atoms with E-state index in [-0.39, 0.29) is 5.69 Å². The largest absolute Gasteiger partial charge is 0.481 e. The minimum Gasteiger partial charge on any atom is -0.481 e. The molecule has 3 aromatic rings. The Hall–Kier alpha value is -3.74. The van der Waals surface area contributed by atoms with Crippen LogP contribution in [-0.4, -0.2) is 34.8 Å². The van der Waals surface area contributed by atoms with Crippen molar-refractivity contribution < 1.29 is 19.4 Å². The van der Waals surface area contributed by atoms with Crippen LogP contribution < -0.4 is 10.2 Å². The van der Waals surface area contributed by atoms with Crippen molar-refractivity contribution in [3.05, 3.63) is 71.9 Å². The molecule has 0 unspecified atom stereocenters. The van der Waals surface area contributed by atoms with E-state index in [1.807, 2.05) is 30.3 Å².